The van der Waals surface area contributed by atoms with Gasteiger partial charge in [-0.25, -0.2) is 0 Å². The number of nitrogens with one attached hydrogen (secondary N) is 2. The molecule has 1 saturated heterocycles. The fourth-order valence-corrected chi connectivity index (χ4v) is 4.54. The van der Waals surface area contributed by atoms with Gasteiger partial charge < -0.3 is 15.4 Å². The monoisotopic (exact) mass is 406 g/mol. The second-order valence-electron chi connectivity index (χ2n) is 8.51. The molecular weight excluding hydrogens is 372 g/mol. The molecule has 0 spiro atoms. The number of fused-ring (bicyclic) bond motifs is 1. The molecule has 2 aromatic carbocycles. The highest BCUT2D eigenvalue weighted by Gasteiger charge is 2.23. The predicted molar refractivity (Wildman–Crippen MR) is 123 cm³/mol. The SMILES string of the molecule is CN=C(NCC1CCOc2ccccc21)NC1CCN(Cc2cccc(C)c2)CC1. The Bertz CT molecular complexity index is 858. The maximum absolute atomic E-state index is 5.79. The van der Waals surface area contributed by atoms with E-state index < -0.39 is 0 Å². The molecule has 5 nitrogen and oxygen atoms in total. The van der Waals surface area contributed by atoms with Crippen LogP contribution in [0, 0.1) is 6.92 Å². The van der Waals surface area contributed by atoms with E-state index in [1.165, 1.54) is 16.7 Å². The number of aliphatic imine (C=N–C) groups is 1. The van der Waals surface area contributed by atoms with E-state index in [1.807, 2.05) is 13.1 Å². The van der Waals surface area contributed by atoms with Crippen LogP contribution in [0.1, 0.15) is 41.9 Å². The quantitative estimate of drug-likeness (QED) is 0.587. The number of aryl methyl sites for hydroxylation is 1. The molecule has 160 valence electrons. The molecule has 0 aromatic heterocycles. The summed E-state index contributed by atoms with van der Waals surface area (Å²) in [6.45, 7) is 7.12. The van der Waals surface area contributed by atoms with E-state index >= 15 is 0 Å². The Morgan fingerprint density at radius 3 is 2.73 bits per heavy atom. The molecular formula is C25H34N4O. The second-order valence-corrected chi connectivity index (χ2v) is 8.51. The van der Waals surface area contributed by atoms with Crippen LogP contribution < -0.4 is 15.4 Å². The molecule has 0 aliphatic carbocycles. The van der Waals surface area contributed by atoms with Crippen molar-refractivity contribution in [3.63, 3.8) is 0 Å². The van der Waals surface area contributed by atoms with Crippen LogP contribution in [-0.2, 0) is 6.54 Å². The molecule has 1 atom stereocenters. The third-order valence-corrected chi connectivity index (χ3v) is 6.24. The number of nitrogens with zero attached hydrogens (tertiary/aromatic N) is 2. The van der Waals surface area contributed by atoms with E-state index in [0.29, 0.717) is 12.0 Å². The highest BCUT2D eigenvalue weighted by molar-refractivity contribution is 5.80. The number of likely N-dealkylation sites (tertiary alicyclic amines) is 1. The molecule has 2 N–H and O–H groups in total. The first-order chi connectivity index (χ1) is 14.7. The Balaban J connectivity index is 1.23. The molecule has 5 heteroatoms. The van der Waals surface area contributed by atoms with E-state index in [9.17, 15) is 0 Å². The summed E-state index contributed by atoms with van der Waals surface area (Å²) in [5.74, 6) is 2.40. The van der Waals surface area contributed by atoms with E-state index in [2.05, 4.69) is 69.9 Å². The van der Waals surface area contributed by atoms with E-state index in [0.717, 1.165) is 63.8 Å². The number of guanidine groups is 1. The minimum atomic E-state index is 0.463. The van der Waals surface area contributed by atoms with Crippen molar-refractivity contribution in [2.75, 3.05) is 33.3 Å². The first-order valence-electron chi connectivity index (χ1n) is 11.2. The number of hydrogen-bond acceptors (Lipinski definition) is 3. The lowest BCUT2D eigenvalue weighted by molar-refractivity contribution is 0.198. The van der Waals surface area contributed by atoms with Crippen molar-refractivity contribution >= 4 is 5.96 Å². The van der Waals surface area contributed by atoms with Crippen molar-refractivity contribution in [3.05, 3.63) is 65.2 Å². The molecule has 1 fully saturated rings. The van der Waals surface area contributed by atoms with Gasteiger partial charge in [-0.15, -0.1) is 0 Å². The smallest absolute Gasteiger partial charge is 0.191 e. The van der Waals surface area contributed by atoms with Gasteiger partial charge in [0.1, 0.15) is 5.75 Å². The maximum Gasteiger partial charge on any atom is 0.191 e. The molecule has 0 saturated carbocycles. The van der Waals surface area contributed by atoms with Gasteiger partial charge in [-0.05, 0) is 43.4 Å². The molecule has 0 radical (unpaired) electrons. The van der Waals surface area contributed by atoms with E-state index in [4.69, 9.17) is 4.74 Å². The van der Waals surface area contributed by atoms with Crippen molar-refractivity contribution in [3.8, 4) is 5.75 Å². The number of ether oxygens (including phenoxy) is 1. The molecule has 30 heavy (non-hydrogen) atoms. The average molecular weight is 407 g/mol. The highest BCUT2D eigenvalue weighted by atomic mass is 16.5. The zero-order valence-corrected chi connectivity index (χ0v) is 18.2. The Labute approximate surface area is 180 Å². The first kappa shape index (κ1) is 20.7. The molecule has 4 rings (SSSR count). The largest absolute Gasteiger partial charge is 0.493 e. The van der Waals surface area contributed by atoms with Crippen molar-refractivity contribution < 1.29 is 4.74 Å². The van der Waals surface area contributed by atoms with Gasteiger partial charge in [0.05, 0.1) is 6.61 Å². The Morgan fingerprint density at radius 2 is 1.93 bits per heavy atom. The number of benzene rings is 2. The highest BCUT2D eigenvalue weighted by Crippen LogP contribution is 2.32. The third kappa shape index (κ3) is 5.33. The zero-order chi connectivity index (χ0) is 20.8. The Hall–Kier alpha value is -2.53. The summed E-state index contributed by atoms with van der Waals surface area (Å²) in [7, 11) is 1.86. The first-order valence-corrected chi connectivity index (χ1v) is 11.2. The second kappa shape index (κ2) is 9.98. The van der Waals surface area contributed by atoms with Crippen LogP contribution in [-0.4, -0.2) is 50.2 Å². The molecule has 2 heterocycles. The predicted octanol–water partition coefficient (Wildman–Crippen LogP) is 3.69. The summed E-state index contributed by atoms with van der Waals surface area (Å²) in [6.07, 6.45) is 3.33. The summed E-state index contributed by atoms with van der Waals surface area (Å²) in [4.78, 5) is 7.03. The van der Waals surface area contributed by atoms with Gasteiger partial charge in [0, 0.05) is 45.2 Å². The van der Waals surface area contributed by atoms with Crippen molar-refractivity contribution in [1.29, 1.82) is 0 Å². The summed E-state index contributed by atoms with van der Waals surface area (Å²) in [5.41, 5.74) is 4.05. The average Bonchev–Trinajstić information content (AvgIpc) is 2.78. The Kier molecular flexibility index (Phi) is 6.90. The van der Waals surface area contributed by atoms with Crippen LogP contribution >= 0.6 is 0 Å². The van der Waals surface area contributed by atoms with Crippen molar-refractivity contribution in [2.24, 2.45) is 4.99 Å². The lowest BCUT2D eigenvalue weighted by Crippen LogP contribution is -2.49. The van der Waals surface area contributed by atoms with E-state index in [-0.39, 0.29) is 0 Å². The van der Waals surface area contributed by atoms with Crippen LogP contribution in [0.4, 0.5) is 0 Å². The Morgan fingerprint density at radius 1 is 1.10 bits per heavy atom. The minimum absolute atomic E-state index is 0.463. The van der Waals surface area contributed by atoms with Gasteiger partial charge in [0.25, 0.3) is 0 Å². The van der Waals surface area contributed by atoms with Crippen LogP contribution in [0.25, 0.3) is 0 Å². The summed E-state index contributed by atoms with van der Waals surface area (Å²) >= 11 is 0. The van der Waals surface area contributed by atoms with Gasteiger partial charge in [0.2, 0.25) is 0 Å². The molecule has 1 unspecified atom stereocenters. The molecule has 0 amide bonds. The fourth-order valence-electron chi connectivity index (χ4n) is 4.54. The number of para-hydroxylation sites is 1. The number of rotatable bonds is 5. The third-order valence-electron chi connectivity index (χ3n) is 6.24. The zero-order valence-electron chi connectivity index (χ0n) is 18.2. The summed E-state index contributed by atoms with van der Waals surface area (Å²) in [6, 6.07) is 17.7. The number of hydrogen-bond donors (Lipinski definition) is 2. The summed E-state index contributed by atoms with van der Waals surface area (Å²) in [5, 5.41) is 7.20. The van der Waals surface area contributed by atoms with Crippen LogP contribution in [0.3, 0.4) is 0 Å². The topological polar surface area (TPSA) is 48.9 Å². The van der Waals surface area contributed by atoms with Crippen LogP contribution in [0.2, 0.25) is 0 Å². The van der Waals surface area contributed by atoms with Gasteiger partial charge in [-0.2, -0.15) is 0 Å². The van der Waals surface area contributed by atoms with Crippen molar-refractivity contribution in [2.45, 2.75) is 44.7 Å². The van der Waals surface area contributed by atoms with E-state index in [1.54, 1.807) is 0 Å². The van der Waals surface area contributed by atoms with Gasteiger partial charge in [-0.3, -0.25) is 9.89 Å². The molecule has 2 aliphatic heterocycles. The maximum atomic E-state index is 5.79. The number of piperidine rings is 1. The lowest BCUT2D eigenvalue weighted by atomic mass is 9.93. The van der Waals surface area contributed by atoms with Crippen LogP contribution in [0.5, 0.6) is 5.75 Å². The lowest BCUT2D eigenvalue weighted by Gasteiger charge is -2.33. The molecule has 2 aliphatic rings. The molecule has 2 aromatic rings. The van der Waals surface area contributed by atoms with Gasteiger partial charge in [0.15, 0.2) is 5.96 Å². The van der Waals surface area contributed by atoms with Crippen LogP contribution in [0.15, 0.2) is 53.5 Å². The van der Waals surface area contributed by atoms with Gasteiger partial charge >= 0.3 is 0 Å². The van der Waals surface area contributed by atoms with Crippen molar-refractivity contribution in [1.82, 2.24) is 15.5 Å². The normalized spacial score (nSPS) is 20.3. The minimum Gasteiger partial charge on any atom is -0.493 e. The standard InChI is InChI=1S/C25H34N4O/c1-19-6-5-7-20(16-19)18-29-13-10-22(11-14-29)28-25(26-2)27-17-21-12-15-30-24-9-4-3-8-23(21)24/h3-9,16,21-22H,10-15,17-18H2,1-2H3,(H2,26,27,28). The summed E-state index contributed by atoms with van der Waals surface area (Å²) < 4.78 is 5.79. The van der Waals surface area contributed by atoms with Gasteiger partial charge in [-0.1, -0.05) is 48.0 Å². The molecule has 0 bridgehead atoms. The fraction of sp³-hybridized carbons (Fsp3) is 0.480.